The summed E-state index contributed by atoms with van der Waals surface area (Å²) in [6.45, 7) is 2.06. The van der Waals surface area contributed by atoms with Crippen LogP contribution >= 0.6 is 15.9 Å². The van der Waals surface area contributed by atoms with Crippen molar-refractivity contribution < 1.29 is 14.6 Å². The van der Waals surface area contributed by atoms with Crippen LogP contribution in [0.4, 0.5) is 0 Å². The highest BCUT2D eigenvalue weighted by atomic mass is 79.9. The van der Waals surface area contributed by atoms with Gasteiger partial charge < -0.3 is 9.84 Å². The Bertz CT molecular complexity index is 491. The minimum absolute atomic E-state index is 0.123. The summed E-state index contributed by atoms with van der Waals surface area (Å²) in [4.78, 5) is 11.8. The van der Waals surface area contributed by atoms with Crippen LogP contribution < -0.4 is 0 Å². The first kappa shape index (κ1) is 12.2. The summed E-state index contributed by atoms with van der Waals surface area (Å²) in [6, 6.07) is 5.67. The van der Waals surface area contributed by atoms with Gasteiger partial charge in [-0.15, -0.1) is 0 Å². The summed E-state index contributed by atoms with van der Waals surface area (Å²) in [5, 5.41) is 9.85. The van der Waals surface area contributed by atoms with Crippen molar-refractivity contribution in [3.8, 4) is 0 Å². The Morgan fingerprint density at radius 3 is 2.94 bits per heavy atom. The molecule has 3 nitrogen and oxygen atoms in total. The van der Waals surface area contributed by atoms with Crippen molar-refractivity contribution in [2.75, 3.05) is 6.61 Å². The molecule has 1 aliphatic carbocycles. The number of benzene rings is 1. The minimum atomic E-state index is -0.451. The second kappa shape index (κ2) is 4.92. The van der Waals surface area contributed by atoms with Crippen molar-refractivity contribution >= 4 is 27.5 Å². The van der Waals surface area contributed by atoms with E-state index in [0.29, 0.717) is 18.6 Å². The van der Waals surface area contributed by atoms with Gasteiger partial charge in [-0.1, -0.05) is 22.0 Å². The van der Waals surface area contributed by atoms with Gasteiger partial charge in [-0.25, -0.2) is 4.79 Å². The third-order valence-corrected chi connectivity index (χ3v) is 3.23. The van der Waals surface area contributed by atoms with E-state index in [-0.39, 0.29) is 5.76 Å². The molecule has 1 aromatic carbocycles. The van der Waals surface area contributed by atoms with Gasteiger partial charge in [-0.3, -0.25) is 0 Å². The number of hydrogen-bond donors (Lipinski definition) is 1. The van der Waals surface area contributed by atoms with Gasteiger partial charge in [0.25, 0.3) is 0 Å². The van der Waals surface area contributed by atoms with Crippen LogP contribution in [0.2, 0.25) is 0 Å². The number of halogens is 1. The molecule has 17 heavy (non-hydrogen) atoms. The van der Waals surface area contributed by atoms with Gasteiger partial charge in [0, 0.05) is 10.9 Å². The molecule has 1 aliphatic rings. The summed E-state index contributed by atoms with van der Waals surface area (Å²) in [5.74, 6) is -0.327. The fourth-order valence-electron chi connectivity index (χ4n) is 1.98. The second-order valence-corrected chi connectivity index (χ2v) is 4.76. The lowest BCUT2D eigenvalue weighted by atomic mass is 9.89. The molecule has 0 heterocycles. The number of allylic oxidation sites excluding steroid dienone is 1. The number of esters is 1. The average Bonchev–Trinajstić information content (AvgIpc) is 2.29. The standard InChI is InChI=1S/C13H13BrO3/c1-2-17-13(16)12-10-5-4-9(14)7-8(10)3-6-11(12)15/h4-5,7,15H,2-3,6H2,1H3. The summed E-state index contributed by atoms with van der Waals surface area (Å²) in [7, 11) is 0. The van der Waals surface area contributed by atoms with Gasteiger partial charge >= 0.3 is 5.97 Å². The first-order valence-electron chi connectivity index (χ1n) is 5.51. The van der Waals surface area contributed by atoms with Crippen molar-refractivity contribution in [1.29, 1.82) is 0 Å². The average molecular weight is 297 g/mol. The molecule has 0 radical (unpaired) electrons. The van der Waals surface area contributed by atoms with Crippen LogP contribution in [0.1, 0.15) is 24.5 Å². The Morgan fingerprint density at radius 1 is 1.47 bits per heavy atom. The summed E-state index contributed by atoms with van der Waals surface area (Å²) in [5.41, 5.74) is 2.14. The highest BCUT2D eigenvalue weighted by molar-refractivity contribution is 9.10. The van der Waals surface area contributed by atoms with E-state index in [0.717, 1.165) is 22.0 Å². The van der Waals surface area contributed by atoms with Crippen LogP contribution in [0.5, 0.6) is 0 Å². The van der Waals surface area contributed by atoms with Crippen molar-refractivity contribution in [1.82, 2.24) is 0 Å². The lowest BCUT2D eigenvalue weighted by Crippen LogP contribution is -2.14. The molecule has 0 aliphatic heterocycles. The van der Waals surface area contributed by atoms with E-state index in [4.69, 9.17) is 4.74 Å². The Kier molecular flexibility index (Phi) is 3.52. The molecule has 0 unspecified atom stereocenters. The lowest BCUT2D eigenvalue weighted by molar-refractivity contribution is -0.136. The first-order valence-corrected chi connectivity index (χ1v) is 6.30. The molecular formula is C13H13BrO3. The summed E-state index contributed by atoms with van der Waals surface area (Å²) in [6.07, 6.45) is 1.22. The molecule has 0 fully saturated rings. The minimum Gasteiger partial charge on any atom is -0.511 e. The van der Waals surface area contributed by atoms with Gasteiger partial charge in [0.05, 0.1) is 6.61 Å². The zero-order chi connectivity index (χ0) is 12.4. The molecule has 0 bridgehead atoms. The van der Waals surface area contributed by atoms with Crippen molar-refractivity contribution in [2.45, 2.75) is 19.8 Å². The summed E-state index contributed by atoms with van der Waals surface area (Å²) >= 11 is 3.40. The van der Waals surface area contributed by atoms with E-state index in [1.807, 2.05) is 18.2 Å². The molecule has 90 valence electrons. The molecule has 0 amide bonds. The largest absolute Gasteiger partial charge is 0.511 e. The van der Waals surface area contributed by atoms with E-state index >= 15 is 0 Å². The number of aliphatic hydroxyl groups is 1. The number of hydrogen-bond acceptors (Lipinski definition) is 3. The van der Waals surface area contributed by atoms with Crippen LogP contribution in [0, 0.1) is 0 Å². The highest BCUT2D eigenvalue weighted by Crippen LogP contribution is 2.32. The number of carbonyl (C=O) groups excluding carboxylic acids is 1. The normalized spacial score (nSPS) is 14.5. The number of ether oxygens (including phenoxy) is 1. The van der Waals surface area contributed by atoms with Crippen LogP contribution in [0.15, 0.2) is 28.4 Å². The van der Waals surface area contributed by atoms with E-state index < -0.39 is 5.97 Å². The molecule has 1 N–H and O–H groups in total. The summed E-state index contributed by atoms with van der Waals surface area (Å²) < 4.78 is 5.94. The second-order valence-electron chi connectivity index (χ2n) is 3.84. The SMILES string of the molecule is CCOC(=O)C1=C(O)CCc2cc(Br)ccc21. The van der Waals surface area contributed by atoms with Crippen LogP contribution in [0.3, 0.4) is 0 Å². The fourth-order valence-corrected chi connectivity index (χ4v) is 2.39. The molecule has 4 heteroatoms. The quantitative estimate of drug-likeness (QED) is 0.853. The molecule has 0 saturated heterocycles. The van der Waals surface area contributed by atoms with E-state index in [2.05, 4.69) is 15.9 Å². The predicted molar refractivity (Wildman–Crippen MR) is 68.6 cm³/mol. The smallest absolute Gasteiger partial charge is 0.342 e. The Morgan fingerprint density at radius 2 is 2.24 bits per heavy atom. The zero-order valence-electron chi connectivity index (χ0n) is 9.50. The number of fused-ring (bicyclic) bond motifs is 1. The van der Waals surface area contributed by atoms with E-state index in [1.165, 1.54) is 0 Å². The van der Waals surface area contributed by atoms with Gasteiger partial charge in [0.15, 0.2) is 0 Å². The van der Waals surface area contributed by atoms with Crippen molar-refractivity contribution in [3.63, 3.8) is 0 Å². The fraction of sp³-hybridized carbons (Fsp3) is 0.308. The predicted octanol–water partition coefficient (Wildman–Crippen LogP) is 3.23. The van der Waals surface area contributed by atoms with E-state index in [9.17, 15) is 9.90 Å². The molecule has 0 saturated carbocycles. The Balaban J connectivity index is 2.47. The third-order valence-electron chi connectivity index (χ3n) is 2.74. The van der Waals surface area contributed by atoms with Gasteiger partial charge in [0.2, 0.25) is 0 Å². The maximum atomic E-state index is 11.8. The van der Waals surface area contributed by atoms with E-state index in [1.54, 1.807) is 6.92 Å². The van der Waals surface area contributed by atoms with Gasteiger partial charge in [-0.05, 0) is 36.6 Å². The maximum Gasteiger partial charge on any atom is 0.342 e. The van der Waals surface area contributed by atoms with Crippen molar-refractivity contribution in [2.24, 2.45) is 0 Å². The third kappa shape index (κ3) is 2.36. The molecular weight excluding hydrogens is 284 g/mol. The van der Waals surface area contributed by atoms with Crippen LogP contribution in [-0.4, -0.2) is 17.7 Å². The number of aryl methyl sites for hydroxylation is 1. The Labute approximate surface area is 108 Å². The topological polar surface area (TPSA) is 46.5 Å². The number of aliphatic hydroxyl groups excluding tert-OH is 1. The first-order chi connectivity index (χ1) is 8.13. The Hall–Kier alpha value is -1.29. The maximum absolute atomic E-state index is 11.8. The molecule has 0 aromatic heterocycles. The number of carbonyl (C=O) groups is 1. The van der Waals surface area contributed by atoms with Crippen LogP contribution in [-0.2, 0) is 16.0 Å². The monoisotopic (exact) mass is 296 g/mol. The lowest BCUT2D eigenvalue weighted by Gasteiger charge is -2.19. The van der Waals surface area contributed by atoms with Crippen LogP contribution in [0.25, 0.3) is 5.57 Å². The molecule has 0 spiro atoms. The van der Waals surface area contributed by atoms with Gasteiger partial charge in [0.1, 0.15) is 11.3 Å². The molecule has 1 aromatic rings. The number of rotatable bonds is 2. The molecule has 0 atom stereocenters. The zero-order valence-corrected chi connectivity index (χ0v) is 11.1. The van der Waals surface area contributed by atoms with Crippen molar-refractivity contribution in [3.05, 3.63) is 39.6 Å². The molecule has 2 rings (SSSR count). The van der Waals surface area contributed by atoms with Gasteiger partial charge in [-0.2, -0.15) is 0 Å². The highest BCUT2D eigenvalue weighted by Gasteiger charge is 2.25.